The van der Waals surface area contributed by atoms with Gasteiger partial charge in [-0.05, 0) is 80.6 Å². The van der Waals surface area contributed by atoms with Gasteiger partial charge >= 0.3 is 0 Å². The quantitative estimate of drug-likeness (QED) is 0.242. The first-order valence-electron chi connectivity index (χ1n) is 13.7. The first-order valence-corrected chi connectivity index (χ1v) is 16.4. The van der Waals surface area contributed by atoms with Crippen molar-refractivity contribution >= 4 is 39.3 Å². The topological polar surface area (TPSA) is 105 Å². The standard InChI is InChI=1S/C31H39N3O6S2/c1-6-20-32-31(36)23(3)33(21-24-12-14-25(39-4)15-13-24)30(35)22-34(28-10-8-9-11-29(28)40-7-2)42(37,38)27-18-16-26(41-5)17-19-27/h8-19,23H,6-7,20-22H2,1-5H3,(H,32,36)/t23-/m0/s1. The van der Waals surface area contributed by atoms with E-state index < -0.39 is 28.5 Å². The van der Waals surface area contributed by atoms with E-state index in [1.165, 1.54) is 28.8 Å². The zero-order valence-electron chi connectivity index (χ0n) is 24.7. The zero-order chi connectivity index (χ0) is 30.7. The lowest BCUT2D eigenvalue weighted by Crippen LogP contribution is -2.51. The van der Waals surface area contributed by atoms with Crippen LogP contribution in [0.4, 0.5) is 5.69 Å². The van der Waals surface area contributed by atoms with Gasteiger partial charge in [0.25, 0.3) is 10.0 Å². The highest BCUT2D eigenvalue weighted by Crippen LogP contribution is 2.33. The molecule has 0 aliphatic heterocycles. The van der Waals surface area contributed by atoms with E-state index in [1.54, 1.807) is 69.5 Å². The third-order valence-corrected chi connectivity index (χ3v) is 9.11. The molecule has 0 unspecified atom stereocenters. The molecule has 2 amide bonds. The van der Waals surface area contributed by atoms with Gasteiger partial charge in [0, 0.05) is 18.0 Å². The number of ether oxygens (including phenoxy) is 2. The normalized spacial score (nSPS) is 11.8. The number of sulfonamides is 1. The number of nitrogens with zero attached hydrogens (tertiary/aromatic N) is 2. The van der Waals surface area contributed by atoms with Crippen molar-refractivity contribution in [1.82, 2.24) is 10.2 Å². The second kappa shape index (κ2) is 15.5. The Hall–Kier alpha value is -3.70. The van der Waals surface area contributed by atoms with Crippen LogP contribution < -0.4 is 19.1 Å². The molecule has 1 N–H and O–H groups in total. The number of benzene rings is 3. The summed E-state index contributed by atoms with van der Waals surface area (Å²) < 4.78 is 40.3. The Morgan fingerprint density at radius 3 is 2.24 bits per heavy atom. The molecular formula is C31H39N3O6S2. The molecule has 3 aromatic carbocycles. The van der Waals surface area contributed by atoms with Crippen molar-refractivity contribution in [2.45, 2.75) is 49.6 Å². The molecule has 0 fully saturated rings. The van der Waals surface area contributed by atoms with Gasteiger partial charge in [0.1, 0.15) is 24.1 Å². The van der Waals surface area contributed by atoms with Crippen molar-refractivity contribution < 1.29 is 27.5 Å². The average molecular weight is 614 g/mol. The maximum absolute atomic E-state index is 14.1. The largest absolute Gasteiger partial charge is 0.497 e. The molecule has 11 heteroatoms. The van der Waals surface area contributed by atoms with Crippen LogP contribution >= 0.6 is 11.8 Å². The van der Waals surface area contributed by atoms with Gasteiger partial charge in [-0.2, -0.15) is 0 Å². The Morgan fingerprint density at radius 1 is 0.976 bits per heavy atom. The summed E-state index contributed by atoms with van der Waals surface area (Å²) in [6.07, 6.45) is 2.64. The summed E-state index contributed by atoms with van der Waals surface area (Å²) >= 11 is 1.50. The van der Waals surface area contributed by atoms with Crippen molar-refractivity contribution in [3.05, 3.63) is 78.4 Å². The number of thioether (sulfide) groups is 1. The van der Waals surface area contributed by atoms with Crippen molar-refractivity contribution in [2.24, 2.45) is 0 Å². The minimum atomic E-state index is -4.21. The third kappa shape index (κ3) is 8.19. The lowest BCUT2D eigenvalue weighted by atomic mass is 10.1. The van der Waals surface area contributed by atoms with Gasteiger partial charge in [-0.25, -0.2) is 8.42 Å². The summed E-state index contributed by atoms with van der Waals surface area (Å²) in [5.41, 5.74) is 0.991. The Morgan fingerprint density at radius 2 is 1.64 bits per heavy atom. The number of para-hydroxylation sites is 2. The lowest BCUT2D eigenvalue weighted by molar-refractivity contribution is -0.139. The Labute approximate surface area is 253 Å². The van der Waals surface area contributed by atoms with Crippen molar-refractivity contribution in [3.8, 4) is 11.5 Å². The van der Waals surface area contributed by atoms with E-state index in [1.807, 2.05) is 25.3 Å². The minimum absolute atomic E-state index is 0.0369. The number of amides is 2. The van der Waals surface area contributed by atoms with E-state index >= 15 is 0 Å². The van der Waals surface area contributed by atoms with Gasteiger partial charge in [0.05, 0.1) is 24.3 Å². The van der Waals surface area contributed by atoms with Crippen LogP contribution in [0.3, 0.4) is 0 Å². The number of hydrogen-bond acceptors (Lipinski definition) is 7. The number of carbonyl (C=O) groups is 2. The summed E-state index contributed by atoms with van der Waals surface area (Å²) in [4.78, 5) is 29.5. The van der Waals surface area contributed by atoms with Gasteiger partial charge in [-0.15, -0.1) is 11.8 Å². The summed E-state index contributed by atoms with van der Waals surface area (Å²) in [6.45, 7) is 5.69. The fourth-order valence-corrected chi connectivity index (χ4v) is 6.07. The zero-order valence-corrected chi connectivity index (χ0v) is 26.3. The number of anilines is 1. The van der Waals surface area contributed by atoms with E-state index in [-0.39, 0.29) is 23.0 Å². The molecule has 1 atom stereocenters. The number of nitrogens with one attached hydrogen (secondary N) is 1. The molecule has 0 aliphatic rings. The van der Waals surface area contributed by atoms with Crippen LogP contribution in [0.2, 0.25) is 0 Å². The highest BCUT2D eigenvalue weighted by atomic mass is 32.2. The molecule has 226 valence electrons. The Balaban J connectivity index is 2.06. The highest BCUT2D eigenvalue weighted by molar-refractivity contribution is 7.98. The molecule has 0 radical (unpaired) electrons. The minimum Gasteiger partial charge on any atom is -0.497 e. The molecule has 3 aromatic rings. The molecule has 0 bridgehead atoms. The average Bonchev–Trinajstić information content (AvgIpc) is 3.01. The third-order valence-electron chi connectivity index (χ3n) is 6.59. The second-order valence-electron chi connectivity index (χ2n) is 9.42. The van der Waals surface area contributed by atoms with Crippen molar-refractivity contribution in [1.29, 1.82) is 0 Å². The number of methoxy groups -OCH3 is 1. The van der Waals surface area contributed by atoms with Crippen LogP contribution in [-0.4, -0.2) is 64.2 Å². The number of carbonyl (C=O) groups excluding carboxylic acids is 2. The van der Waals surface area contributed by atoms with Gasteiger partial charge in [-0.3, -0.25) is 13.9 Å². The SMILES string of the molecule is CCCNC(=O)[C@H](C)N(Cc1ccc(OC)cc1)C(=O)CN(c1ccccc1OCC)S(=O)(=O)c1ccc(SC)cc1. The highest BCUT2D eigenvalue weighted by Gasteiger charge is 2.33. The number of rotatable bonds is 15. The summed E-state index contributed by atoms with van der Waals surface area (Å²) in [5, 5.41) is 2.84. The maximum Gasteiger partial charge on any atom is 0.264 e. The van der Waals surface area contributed by atoms with E-state index in [9.17, 15) is 18.0 Å². The van der Waals surface area contributed by atoms with Crippen LogP contribution in [-0.2, 0) is 26.2 Å². The summed E-state index contributed by atoms with van der Waals surface area (Å²) in [7, 11) is -2.65. The molecule has 0 heterocycles. The van der Waals surface area contributed by atoms with Crippen LogP contribution in [0, 0.1) is 0 Å². The fourth-order valence-electron chi connectivity index (χ4n) is 4.24. The lowest BCUT2D eigenvalue weighted by Gasteiger charge is -2.32. The molecule has 0 saturated heterocycles. The van der Waals surface area contributed by atoms with Gasteiger partial charge in [0.15, 0.2) is 0 Å². The van der Waals surface area contributed by atoms with Crippen LogP contribution in [0.1, 0.15) is 32.8 Å². The van der Waals surface area contributed by atoms with Gasteiger partial charge in [-0.1, -0.05) is 31.2 Å². The molecule has 9 nitrogen and oxygen atoms in total. The van der Waals surface area contributed by atoms with Crippen molar-refractivity contribution in [3.63, 3.8) is 0 Å². The summed E-state index contributed by atoms with van der Waals surface area (Å²) in [5.74, 6) is 0.117. The van der Waals surface area contributed by atoms with Crippen molar-refractivity contribution in [2.75, 3.05) is 37.4 Å². The van der Waals surface area contributed by atoms with E-state index in [2.05, 4.69) is 5.32 Å². The van der Waals surface area contributed by atoms with E-state index in [0.717, 1.165) is 21.2 Å². The first kappa shape index (κ1) is 32.8. The fraction of sp³-hybridized carbons (Fsp3) is 0.355. The Bertz CT molecular complexity index is 1430. The second-order valence-corrected chi connectivity index (χ2v) is 12.2. The van der Waals surface area contributed by atoms with Crippen LogP contribution in [0.15, 0.2) is 82.6 Å². The monoisotopic (exact) mass is 613 g/mol. The maximum atomic E-state index is 14.1. The number of hydrogen-bond donors (Lipinski definition) is 1. The molecule has 42 heavy (non-hydrogen) atoms. The molecule has 0 spiro atoms. The van der Waals surface area contributed by atoms with Crippen LogP contribution in [0.25, 0.3) is 0 Å². The Kier molecular flexibility index (Phi) is 12.1. The first-order chi connectivity index (χ1) is 20.2. The van der Waals surface area contributed by atoms with Gasteiger partial charge in [0.2, 0.25) is 11.8 Å². The predicted molar refractivity (Wildman–Crippen MR) is 167 cm³/mol. The van der Waals surface area contributed by atoms with Gasteiger partial charge < -0.3 is 19.7 Å². The molecule has 3 rings (SSSR count). The predicted octanol–water partition coefficient (Wildman–Crippen LogP) is 4.95. The molecule has 0 saturated carbocycles. The molecule has 0 aliphatic carbocycles. The molecular weight excluding hydrogens is 574 g/mol. The van der Waals surface area contributed by atoms with E-state index in [0.29, 0.717) is 24.7 Å². The van der Waals surface area contributed by atoms with E-state index in [4.69, 9.17) is 9.47 Å². The smallest absolute Gasteiger partial charge is 0.264 e. The summed E-state index contributed by atoms with van der Waals surface area (Å²) in [6, 6.07) is 19.5. The molecule has 0 aromatic heterocycles. The van der Waals surface area contributed by atoms with Crippen LogP contribution in [0.5, 0.6) is 11.5 Å².